The summed E-state index contributed by atoms with van der Waals surface area (Å²) in [6.45, 7) is 7.68. The third kappa shape index (κ3) is 6.58. The molecule has 0 heterocycles. The van der Waals surface area contributed by atoms with Gasteiger partial charge in [0.1, 0.15) is 0 Å². The average Bonchev–Trinajstić information content (AvgIpc) is 2.79. The molecule has 0 aromatic rings. The number of nitrogens with zero attached hydrogens (tertiary/aromatic N) is 1. The minimum absolute atomic E-state index is 0. The van der Waals surface area contributed by atoms with Crippen LogP contribution in [0, 0.1) is 0 Å². The minimum atomic E-state index is -0.212. The lowest BCUT2D eigenvalue weighted by Gasteiger charge is -2.22. The summed E-state index contributed by atoms with van der Waals surface area (Å²) < 4.78 is 5.36. The van der Waals surface area contributed by atoms with Crippen LogP contribution in [-0.2, 0) is 4.74 Å². The summed E-state index contributed by atoms with van der Waals surface area (Å²) >= 11 is 0. The van der Waals surface area contributed by atoms with Crippen LogP contribution in [0.25, 0.3) is 0 Å². The molecule has 0 saturated carbocycles. The van der Waals surface area contributed by atoms with Crippen molar-refractivity contribution < 1.29 is 4.74 Å². The van der Waals surface area contributed by atoms with E-state index in [0.29, 0.717) is 12.6 Å². The summed E-state index contributed by atoms with van der Waals surface area (Å²) in [4.78, 5) is 4.56. The van der Waals surface area contributed by atoms with E-state index in [4.69, 9.17) is 4.74 Å². The number of ether oxygens (including phenoxy) is 1. The third-order valence-electron chi connectivity index (χ3n) is 2.86. The molecule has 0 spiro atoms. The Morgan fingerprint density at radius 1 is 1.39 bits per heavy atom. The highest BCUT2D eigenvalue weighted by atomic mass is 127. The molecule has 0 aromatic heterocycles. The number of hydrogen-bond donors (Lipinski definition) is 2. The molecule has 0 bridgehead atoms. The fourth-order valence-electron chi connectivity index (χ4n) is 1.58. The molecule has 1 rings (SSSR count). The van der Waals surface area contributed by atoms with Crippen LogP contribution in [0.2, 0.25) is 0 Å². The lowest BCUT2D eigenvalue weighted by Crippen LogP contribution is -2.43. The third-order valence-corrected chi connectivity index (χ3v) is 2.86. The van der Waals surface area contributed by atoms with Crippen molar-refractivity contribution in [2.24, 2.45) is 4.99 Å². The van der Waals surface area contributed by atoms with Crippen molar-refractivity contribution in [3.05, 3.63) is 12.2 Å². The zero-order valence-electron chi connectivity index (χ0n) is 11.8. The Bertz CT molecular complexity index is 282. The van der Waals surface area contributed by atoms with E-state index in [0.717, 1.165) is 25.3 Å². The van der Waals surface area contributed by atoms with Crippen LogP contribution in [-0.4, -0.2) is 37.8 Å². The standard InChI is InChI=1S/C13H25N3O.HI/c1-5-14-12(15-10-13(2,3)17-4)16-11-8-6-7-9-11;/h6-7,11H,5,8-10H2,1-4H3,(H2,14,15,16);1H. The number of halogens is 1. The van der Waals surface area contributed by atoms with Crippen LogP contribution in [0.15, 0.2) is 17.1 Å². The summed E-state index contributed by atoms with van der Waals surface area (Å²) in [7, 11) is 1.72. The van der Waals surface area contributed by atoms with E-state index in [2.05, 4.69) is 34.7 Å². The average molecular weight is 367 g/mol. The van der Waals surface area contributed by atoms with E-state index < -0.39 is 0 Å². The fourth-order valence-corrected chi connectivity index (χ4v) is 1.58. The molecule has 18 heavy (non-hydrogen) atoms. The number of methoxy groups -OCH3 is 1. The predicted molar refractivity (Wildman–Crippen MR) is 87.8 cm³/mol. The van der Waals surface area contributed by atoms with Gasteiger partial charge in [-0.3, -0.25) is 4.99 Å². The number of aliphatic imine (C=N–C) groups is 1. The second kappa shape index (κ2) is 8.74. The van der Waals surface area contributed by atoms with Gasteiger partial charge in [-0.25, -0.2) is 0 Å². The maximum absolute atomic E-state index is 5.36. The first-order valence-corrected chi connectivity index (χ1v) is 6.32. The van der Waals surface area contributed by atoms with Gasteiger partial charge in [-0.15, -0.1) is 24.0 Å². The lowest BCUT2D eigenvalue weighted by atomic mass is 10.1. The monoisotopic (exact) mass is 367 g/mol. The Kier molecular flexibility index (Phi) is 8.60. The van der Waals surface area contributed by atoms with Crippen molar-refractivity contribution in [2.45, 2.75) is 45.3 Å². The van der Waals surface area contributed by atoms with Gasteiger partial charge >= 0.3 is 0 Å². The molecule has 2 N–H and O–H groups in total. The molecule has 0 fully saturated rings. The van der Waals surface area contributed by atoms with E-state index in [1.807, 2.05) is 13.8 Å². The van der Waals surface area contributed by atoms with Crippen molar-refractivity contribution in [2.75, 3.05) is 20.2 Å². The molecule has 4 nitrogen and oxygen atoms in total. The first-order valence-electron chi connectivity index (χ1n) is 6.32. The van der Waals surface area contributed by atoms with Gasteiger partial charge in [-0.05, 0) is 33.6 Å². The molecule has 5 heteroatoms. The summed E-state index contributed by atoms with van der Waals surface area (Å²) in [6.07, 6.45) is 6.58. The van der Waals surface area contributed by atoms with Crippen LogP contribution in [0.3, 0.4) is 0 Å². The van der Waals surface area contributed by atoms with Crippen LogP contribution in [0.5, 0.6) is 0 Å². The SMILES string of the molecule is CCNC(=NCC(C)(C)OC)NC1CC=CC1.I. The maximum Gasteiger partial charge on any atom is 0.191 e. The van der Waals surface area contributed by atoms with Gasteiger partial charge in [0, 0.05) is 19.7 Å². The highest BCUT2D eigenvalue weighted by Crippen LogP contribution is 2.10. The van der Waals surface area contributed by atoms with Crippen LogP contribution in [0.4, 0.5) is 0 Å². The van der Waals surface area contributed by atoms with Crippen molar-refractivity contribution in [1.29, 1.82) is 0 Å². The second-order valence-electron chi connectivity index (χ2n) is 4.94. The van der Waals surface area contributed by atoms with Gasteiger partial charge < -0.3 is 15.4 Å². The number of rotatable bonds is 5. The van der Waals surface area contributed by atoms with Crippen LogP contribution < -0.4 is 10.6 Å². The quantitative estimate of drug-likeness (QED) is 0.339. The Morgan fingerprint density at radius 2 is 2.00 bits per heavy atom. The van der Waals surface area contributed by atoms with Gasteiger partial charge in [0.2, 0.25) is 0 Å². The number of nitrogens with one attached hydrogen (secondary N) is 2. The van der Waals surface area contributed by atoms with Crippen molar-refractivity contribution in [3.63, 3.8) is 0 Å². The smallest absolute Gasteiger partial charge is 0.191 e. The van der Waals surface area contributed by atoms with Gasteiger partial charge in [0.25, 0.3) is 0 Å². The molecule has 106 valence electrons. The molecule has 1 aliphatic rings. The van der Waals surface area contributed by atoms with E-state index in [1.54, 1.807) is 7.11 Å². The van der Waals surface area contributed by atoms with Crippen molar-refractivity contribution in [3.8, 4) is 0 Å². The molecule has 0 aromatic carbocycles. The van der Waals surface area contributed by atoms with E-state index in [1.165, 1.54) is 0 Å². The Hall–Kier alpha value is -0.300. The van der Waals surface area contributed by atoms with E-state index in [9.17, 15) is 0 Å². The van der Waals surface area contributed by atoms with E-state index >= 15 is 0 Å². The molecule has 0 saturated heterocycles. The zero-order valence-corrected chi connectivity index (χ0v) is 14.2. The molecular weight excluding hydrogens is 341 g/mol. The van der Waals surface area contributed by atoms with Crippen LogP contribution >= 0.6 is 24.0 Å². The number of hydrogen-bond acceptors (Lipinski definition) is 2. The molecule has 0 atom stereocenters. The summed E-state index contributed by atoms with van der Waals surface area (Å²) in [6, 6.07) is 0.485. The highest BCUT2D eigenvalue weighted by molar-refractivity contribution is 14.0. The summed E-state index contributed by atoms with van der Waals surface area (Å²) in [5.41, 5.74) is -0.212. The normalized spacial score (nSPS) is 16.6. The molecule has 0 radical (unpaired) electrons. The summed E-state index contributed by atoms with van der Waals surface area (Å²) in [5, 5.41) is 6.70. The fraction of sp³-hybridized carbons (Fsp3) is 0.769. The Balaban J connectivity index is 0.00000289. The van der Waals surface area contributed by atoms with Crippen molar-refractivity contribution in [1.82, 2.24) is 10.6 Å². The second-order valence-corrected chi connectivity index (χ2v) is 4.94. The molecule has 1 aliphatic carbocycles. The van der Waals surface area contributed by atoms with Crippen LogP contribution in [0.1, 0.15) is 33.6 Å². The highest BCUT2D eigenvalue weighted by Gasteiger charge is 2.17. The maximum atomic E-state index is 5.36. The lowest BCUT2D eigenvalue weighted by molar-refractivity contribution is 0.0310. The predicted octanol–water partition coefficient (Wildman–Crippen LogP) is 2.30. The van der Waals surface area contributed by atoms with Crippen molar-refractivity contribution >= 4 is 29.9 Å². The number of guanidine groups is 1. The van der Waals surface area contributed by atoms with Gasteiger partial charge in [-0.1, -0.05) is 12.2 Å². The largest absolute Gasteiger partial charge is 0.377 e. The topological polar surface area (TPSA) is 45.7 Å². The molecule has 0 unspecified atom stereocenters. The van der Waals surface area contributed by atoms with E-state index in [-0.39, 0.29) is 29.6 Å². The molecule has 0 amide bonds. The Labute approximate surface area is 128 Å². The van der Waals surface area contributed by atoms with Gasteiger partial charge in [-0.2, -0.15) is 0 Å². The Morgan fingerprint density at radius 3 is 2.50 bits per heavy atom. The van der Waals surface area contributed by atoms with Gasteiger partial charge in [0.05, 0.1) is 12.1 Å². The zero-order chi connectivity index (χ0) is 12.7. The first-order chi connectivity index (χ1) is 8.07. The molecular formula is C13H26IN3O. The summed E-state index contributed by atoms with van der Waals surface area (Å²) in [5.74, 6) is 0.881. The minimum Gasteiger partial charge on any atom is -0.377 e. The first kappa shape index (κ1) is 17.7. The van der Waals surface area contributed by atoms with Gasteiger partial charge in [0.15, 0.2) is 5.96 Å². The molecule has 0 aliphatic heterocycles.